The fourth-order valence-corrected chi connectivity index (χ4v) is 4.13. The second-order valence-electron chi connectivity index (χ2n) is 8.82. The van der Waals surface area contributed by atoms with Crippen molar-refractivity contribution in [3.8, 4) is 0 Å². The highest BCUT2D eigenvalue weighted by Crippen LogP contribution is 2.24. The van der Waals surface area contributed by atoms with Crippen LogP contribution in [-0.2, 0) is 14.3 Å². The highest BCUT2D eigenvalue weighted by Gasteiger charge is 2.42. The molecule has 0 aliphatic carbocycles. The van der Waals surface area contributed by atoms with Crippen molar-refractivity contribution in [3.63, 3.8) is 0 Å². The smallest absolute Gasteiger partial charge is 0.309 e. The molecule has 5 atom stereocenters. The molecule has 0 bridgehead atoms. The van der Waals surface area contributed by atoms with E-state index in [1.54, 1.807) is 0 Å². The Labute approximate surface area is 183 Å². The number of hydrogen-bond donors (Lipinski definition) is 3. The molecule has 178 valence electrons. The molecule has 6 heteroatoms. The Morgan fingerprint density at radius 1 is 0.900 bits per heavy atom. The average Bonchev–Trinajstić information content (AvgIpc) is 3.07. The summed E-state index contributed by atoms with van der Waals surface area (Å²) in [5.41, 5.74) is 0. The van der Waals surface area contributed by atoms with Crippen molar-refractivity contribution in [2.24, 2.45) is 5.92 Å². The van der Waals surface area contributed by atoms with Gasteiger partial charge in [0.1, 0.15) is 18.3 Å². The van der Waals surface area contributed by atoms with Crippen LogP contribution in [-0.4, -0.2) is 58.9 Å². The van der Waals surface area contributed by atoms with E-state index in [1.165, 1.54) is 51.4 Å². The Balaban J connectivity index is 2.50. The quantitative estimate of drug-likeness (QED) is 0.223. The van der Waals surface area contributed by atoms with Crippen molar-refractivity contribution >= 4 is 5.97 Å². The Bertz CT molecular complexity index is 430. The maximum absolute atomic E-state index is 12.8. The molecule has 1 saturated heterocycles. The van der Waals surface area contributed by atoms with E-state index in [4.69, 9.17) is 9.47 Å². The number of esters is 1. The summed E-state index contributed by atoms with van der Waals surface area (Å²) in [7, 11) is 0. The van der Waals surface area contributed by atoms with Crippen molar-refractivity contribution in [1.29, 1.82) is 0 Å². The normalized spacial score (nSPS) is 23.4. The topological polar surface area (TPSA) is 96.2 Å². The number of rotatable bonds is 18. The molecule has 1 rings (SSSR count). The Kier molecular flexibility index (Phi) is 15.4. The first-order chi connectivity index (χ1) is 14.5. The average molecular weight is 431 g/mol. The van der Waals surface area contributed by atoms with E-state index in [1.807, 2.05) is 0 Å². The van der Waals surface area contributed by atoms with Crippen molar-refractivity contribution in [3.05, 3.63) is 0 Å². The van der Waals surface area contributed by atoms with Crippen LogP contribution in [0.2, 0.25) is 0 Å². The van der Waals surface area contributed by atoms with Crippen LogP contribution in [0.3, 0.4) is 0 Å². The Hall–Kier alpha value is -0.690. The summed E-state index contributed by atoms with van der Waals surface area (Å²) in [6, 6.07) is 0. The van der Waals surface area contributed by atoms with Gasteiger partial charge in [-0.3, -0.25) is 4.79 Å². The zero-order valence-electron chi connectivity index (χ0n) is 19.3. The van der Waals surface area contributed by atoms with Gasteiger partial charge in [-0.15, -0.1) is 0 Å². The highest BCUT2D eigenvalue weighted by atomic mass is 16.6. The van der Waals surface area contributed by atoms with Gasteiger partial charge in [0.05, 0.1) is 19.1 Å². The Morgan fingerprint density at radius 3 is 1.83 bits per heavy atom. The molecule has 1 aliphatic heterocycles. The van der Waals surface area contributed by atoms with Crippen LogP contribution < -0.4 is 0 Å². The number of hydrogen-bond acceptors (Lipinski definition) is 6. The van der Waals surface area contributed by atoms with Gasteiger partial charge in [-0.25, -0.2) is 0 Å². The zero-order valence-corrected chi connectivity index (χ0v) is 19.3. The summed E-state index contributed by atoms with van der Waals surface area (Å²) in [4.78, 5) is 12.8. The molecule has 30 heavy (non-hydrogen) atoms. The monoisotopic (exact) mass is 430 g/mol. The number of carbonyl (C=O) groups excluding carboxylic acids is 1. The van der Waals surface area contributed by atoms with Crippen LogP contribution in [0.5, 0.6) is 0 Å². The van der Waals surface area contributed by atoms with Gasteiger partial charge in [-0.1, -0.05) is 90.9 Å². The third-order valence-electron chi connectivity index (χ3n) is 6.15. The molecule has 1 unspecified atom stereocenters. The lowest BCUT2D eigenvalue weighted by atomic mass is 9.94. The first-order valence-corrected chi connectivity index (χ1v) is 12.3. The van der Waals surface area contributed by atoms with Gasteiger partial charge in [0.2, 0.25) is 0 Å². The summed E-state index contributed by atoms with van der Waals surface area (Å²) in [6.07, 6.45) is 11.8. The molecule has 0 aromatic rings. The van der Waals surface area contributed by atoms with Crippen LogP contribution in [0.1, 0.15) is 104 Å². The van der Waals surface area contributed by atoms with Crippen LogP contribution in [0.25, 0.3) is 0 Å². The van der Waals surface area contributed by atoms with Crippen molar-refractivity contribution in [1.82, 2.24) is 0 Å². The number of aliphatic hydroxyl groups is 3. The minimum absolute atomic E-state index is 0.0151. The molecule has 0 saturated carbocycles. The fraction of sp³-hybridized carbons (Fsp3) is 0.958. The molecule has 0 amide bonds. The molecule has 1 fully saturated rings. The molecule has 1 aliphatic rings. The van der Waals surface area contributed by atoms with Crippen LogP contribution in [0, 0.1) is 5.92 Å². The second-order valence-corrected chi connectivity index (χ2v) is 8.82. The molecule has 0 aromatic carbocycles. The van der Waals surface area contributed by atoms with Gasteiger partial charge in [0.25, 0.3) is 0 Å². The lowest BCUT2D eigenvalue weighted by Crippen LogP contribution is -2.43. The standard InChI is InChI=1S/C24H46O6/c1-3-5-7-9-10-12-14-16-19(15-13-11-8-6-4-2)24(28)30-21(17-25)23-22(27)20(26)18-29-23/h19-23,25-27H,3-18H2,1-2H3/t19?,20-,21+,22+,23+/m0/s1. The predicted octanol–water partition coefficient (Wildman–Crippen LogP) is 4.13. The minimum atomic E-state index is -1.15. The molecule has 0 radical (unpaired) electrons. The molecule has 1 heterocycles. The second kappa shape index (κ2) is 16.9. The first kappa shape index (κ1) is 27.3. The van der Waals surface area contributed by atoms with Gasteiger partial charge in [-0.05, 0) is 12.8 Å². The molecular weight excluding hydrogens is 384 g/mol. The maximum atomic E-state index is 12.8. The summed E-state index contributed by atoms with van der Waals surface area (Å²) in [5.74, 6) is -0.493. The molecule has 0 spiro atoms. The largest absolute Gasteiger partial charge is 0.457 e. The van der Waals surface area contributed by atoms with E-state index in [9.17, 15) is 20.1 Å². The predicted molar refractivity (Wildman–Crippen MR) is 118 cm³/mol. The molecular formula is C24H46O6. The van der Waals surface area contributed by atoms with E-state index >= 15 is 0 Å². The van der Waals surface area contributed by atoms with Crippen molar-refractivity contribution in [2.45, 2.75) is 128 Å². The third-order valence-corrected chi connectivity index (χ3v) is 6.15. The van der Waals surface area contributed by atoms with Gasteiger partial charge >= 0.3 is 5.97 Å². The van der Waals surface area contributed by atoms with E-state index in [0.29, 0.717) is 0 Å². The van der Waals surface area contributed by atoms with E-state index < -0.39 is 31.0 Å². The van der Waals surface area contributed by atoms with Gasteiger partial charge in [-0.2, -0.15) is 0 Å². The Morgan fingerprint density at radius 2 is 1.40 bits per heavy atom. The number of unbranched alkanes of at least 4 members (excludes halogenated alkanes) is 10. The van der Waals surface area contributed by atoms with Crippen molar-refractivity contribution < 1.29 is 29.6 Å². The van der Waals surface area contributed by atoms with Crippen molar-refractivity contribution in [2.75, 3.05) is 13.2 Å². The van der Waals surface area contributed by atoms with Gasteiger partial charge in [0.15, 0.2) is 6.10 Å². The van der Waals surface area contributed by atoms with E-state index in [2.05, 4.69) is 13.8 Å². The van der Waals surface area contributed by atoms with Crippen LogP contribution >= 0.6 is 0 Å². The minimum Gasteiger partial charge on any atom is -0.457 e. The highest BCUT2D eigenvalue weighted by molar-refractivity contribution is 5.72. The van der Waals surface area contributed by atoms with E-state index in [-0.39, 0.29) is 18.5 Å². The number of carbonyl (C=O) groups is 1. The van der Waals surface area contributed by atoms with E-state index in [0.717, 1.165) is 38.5 Å². The van der Waals surface area contributed by atoms with Gasteiger partial charge < -0.3 is 24.8 Å². The third kappa shape index (κ3) is 10.6. The zero-order chi connectivity index (χ0) is 22.2. The summed E-state index contributed by atoms with van der Waals surface area (Å²) in [6.45, 7) is 3.96. The summed E-state index contributed by atoms with van der Waals surface area (Å²) in [5, 5.41) is 29.3. The SMILES string of the molecule is CCCCCCCCCC(CCCCCCC)C(=O)O[C@H](CO)[C@H]1OC[C@H](O)[C@H]1O. The first-order valence-electron chi connectivity index (χ1n) is 12.3. The maximum Gasteiger partial charge on any atom is 0.309 e. The molecule has 6 nitrogen and oxygen atoms in total. The lowest BCUT2D eigenvalue weighted by Gasteiger charge is -2.26. The molecule has 3 N–H and O–H groups in total. The number of aliphatic hydroxyl groups excluding tert-OH is 3. The number of ether oxygens (including phenoxy) is 2. The van der Waals surface area contributed by atoms with Crippen LogP contribution in [0.4, 0.5) is 0 Å². The van der Waals surface area contributed by atoms with Crippen LogP contribution in [0.15, 0.2) is 0 Å². The molecule has 0 aromatic heterocycles. The lowest BCUT2D eigenvalue weighted by molar-refractivity contribution is -0.168. The summed E-state index contributed by atoms with van der Waals surface area (Å²) < 4.78 is 10.9. The van der Waals surface area contributed by atoms with Gasteiger partial charge in [0, 0.05) is 0 Å². The fourth-order valence-electron chi connectivity index (χ4n) is 4.13. The summed E-state index contributed by atoms with van der Waals surface area (Å²) >= 11 is 0.